The zero-order valence-electron chi connectivity index (χ0n) is 17.2. The maximum absolute atomic E-state index is 13.0. The molecule has 7 heteroatoms. The number of nitrogens with one attached hydrogen (secondary N) is 1. The van der Waals surface area contributed by atoms with E-state index < -0.39 is 18.0 Å². The lowest BCUT2D eigenvalue weighted by Gasteiger charge is -2.19. The first-order valence-corrected chi connectivity index (χ1v) is 9.32. The third-order valence-corrected chi connectivity index (χ3v) is 4.14. The molecule has 2 aromatic rings. The summed E-state index contributed by atoms with van der Waals surface area (Å²) in [6, 6.07) is 10.1. The maximum atomic E-state index is 13.0. The Bertz CT molecular complexity index is 851. The lowest BCUT2D eigenvalue weighted by Crippen LogP contribution is -2.37. The van der Waals surface area contributed by atoms with Crippen LogP contribution in [-0.2, 0) is 9.53 Å². The second kappa shape index (κ2) is 9.91. The van der Waals surface area contributed by atoms with Crippen LogP contribution in [0.3, 0.4) is 0 Å². The van der Waals surface area contributed by atoms with Crippen molar-refractivity contribution in [1.82, 2.24) is 5.32 Å². The molecule has 0 saturated heterocycles. The highest BCUT2D eigenvalue weighted by atomic mass is 19.1. The normalized spacial score (nSPS) is 12.8. The van der Waals surface area contributed by atoms with Crippen molar-refractivity contribution in [1.29, 1.82) is 0 Å². The van der Waals surface area contributed by atoms with E-state index in [-0.39, 0.29) is 23.5 Å². The van der Waals surface area contributed by atoms with Gasteiger partial charge in [-0.2, -0.15) is 0 Å². The van der Waals surface area contributed by atoms with Crippen molar-refractivity contribution in [3.05, 3.63) is 59.4 Å². The molecule has 0 aliphatic carbocycles. The van der Waals surface area contributed by atoms with Gasteiger partial charge in [0.25, 0.3) is 5.91 Å². The van der Waals surface area contributed by atoms with Gasteiger partial charge in [-0.1, -0.05) is 12.1 Å². The summed E-state index contributed by atoms with van der Waals surface area (Å²) < 4.78 is 29.2. The van der Waals surface area contributed by atoms with E-state index in [4.69, 9.17) is 14.2 Å². The number of ether oxygens (including phenoxy) is 3. The van der Waals surface area contributed by atoms with Crippen LogP contribution in [0, 0.1) is 5.82 Å². The zero-order chi connectivity index (χ0) is 21.6. The van der Waals surface area contributed by atoms with Crippen LogP contribution >= 0.6 is 0 Å². The Morgan fingerprint density at radius 1 is 0.966 bits per heavy atom. The quantitative estimate of drug-likeness (QED) is 0.674. The van der Waals surface area contributed by atoms with Gasteiger partial charge in [0, 0.05) is 0 Å². The lowest BCUT2D eigenvalue weighted by molar-refractivity contribution is -0.129. The molecule has 0 heterocycles. The summed E-state index contributed by atoms with van der Waals surface area (Å²) >= 11 is 0. The largest absolute Gasteiger partial charge is 0.493 e. The van der Waals surface area contributed by atoms with Crippen LogP contribution in [-0.4, -0.2) is 31.2 Å². The summed E-state index contributed by atoms with van der Waals surface area (Å²) in [5.74, 6) is -0.554. The van der Waals surface area contributed by atoms with Gasteiger partial charge in [-0.15, -0.1) is 0 Å². The predicted octanol–water partition coefficient (Wildman–Crippen LogP) is 4.04. The fraction of sp³-hybridized carbons (Fsp3) is 0.364. The summed E-state index contributed by atoms with van der Waals surface area (Å²) in [4.78, 5) is 24.8. The molecule has 2 unspecified atom stereocenters. The van der Waals surface area contributed by atoms with Gasteiger partial charge in [-0.25, -0.2) is 9.18 Å². The van der Waals surface area contributed by atoms with Crippen LogP contribution in [0.4, 0.5) is 4.39 Å². The van der Waals surface area contributed by atoms with E-state index in [1.54, 1.807) is 31.2 Å². The molecule has 0 aliphatic heterocycles. The Labute approximate surface area is 170 Å². The number of benzene rings is 2. The van der Waals surface area contributed by atoms with E-state index in [1.165, 1.54) is 32.2 Å². The molecule has 29 heavy (non-hydrogen) atoms. The number of hydrogen-bond acceptors (Lipinski definition) is 5. The second-order valence-corrected chi connectivity index (χ2v) is 6.86. The minimum atomic E-state index is -1.01. The average molecular weight is 403 g/mol. The van der Waals surface area contributed by atoms with E-state index in [0.717, 1.165) is 5.56 Å². The number of hydrogen-bond donors (Lipinski definition) is 1. The number of amides is 1. The third kappa shape index (κ3) is 6.20. The van der Waals surface area contributed by atoms with E-state index in [1.807, 2.05) is 13.8 Å². The first-order chi connectivity index (χ1) is 13.7. The fourth-order valence-electron chi connectivity index (χ4n) is 2.59. The molecule has 0 spiro atoms. The van der Waals surface area contributed by atoms with Gasteiger partial charge >= 0.3 is 5.97 Å². The molecular formula is C22H26FNO5. The van der Waals surface area contributed by atoms with Crippen molar-refractivity contribution in [3.63, 3.8) is 0 Å². The van der Waals surface area contributed by atoms with E-state index in [9.17, 15) is 14.0 Å². The lowest BCUT2D eigenvalue weighted by atomic mass is 10.1. The minimum Gasteiger partial charge on any atom is -0.493 e. The van der Waals surface area contributed by atoms with Crippen LogP contribution in [0.2, 0.25) is 0 Å². The van der Waals surface area contributed by atoms with Gasteiger partial charge in [0.15, 0.2) is 17.6 Å². The van der Waals surface area contributed by atoms with E-state index in [2.05, 4.69) is 5.32 Å². The van der Waals surface area contributed by atoms with Gasteiger partial charge in [0.2, 0.25) is 0 Å². The van der Waals surface area contributed by atoms with E-state index in [0.29, 0.717) is 11.5 Å². The third-order valence-electron chi connectivity index (χ3n) is 4.14. The SMILES string of the molecule is COc1cc(C(=O)OC(C)C(=O)NC(C)c2ccc(F)cc2)ccc1OC(C)C. The number of rotatable bonds is 8. The standard InChI is InChI=1S/C22H26FNO5/c1-13(2)28-19-11-8-17(12-20(19)27-5)22(26)29-15(4)21(25)24-14(3)16-6-9-18(23)10-7-16/h6-15H,1-5H3,(H,24,25). The molecule has 6 nitrogen and oxygen atoms in total. The van der Waals surface area contributed by atoms with Crippen molar-refractivity contribution < 1.29 is 28.2 Å². The van der Waals surface area contributed by atoms with Crippen molar-refractivity contribution in [2.75, 3.05) is 7.11 Å². The van der Waals surface area contributed by atoms with Crippen LogP contribution in [0.15, 0.2) is 42.5 Å². The van der Waals surface area contributed by atoms with Gasteiger partial charge in [-0.05, 0) is 63.6 Å². The molecular weight excluding hydrogens is 377 g/mol. The van der Waals surface area contributed by atoms with Crippen LogP contribution in [0.1, 0.15) is 49.7 Å². The molecule has 0 fully saturated rings. The van der Waals surface area contributed by atoms with E-state index >= 15 is 0 Å². The molecule has 0 aromatic heterocycles. The number of methoxy groups -OCH3 is 1. The van der Waals surface area contributed by atoms with Crippen LogP contribution < -0.4 is 14.8 Å². The van der Waals surface area contributed by atoms with Gasteiger partial charge in [0.05, 0.1) is 24.8 Å². The van der Waals surface area contributed by atoms with Crippen molar-refractivity contribution >= 4 is 11.9 Å². The summed E-state index contributed by atoms with van der Waals surface area (Å²) in [6.07, 6.45) is -1.06. The first-order valence-electron chi connectivity index (χ1n) is 9.32. The van der Waals surface area contributed by atoms with Gasteiger partial charge < -0.3 is 19.5 Å². The molecule has 0 radical (unpaired) electrons. The monoisotopic (exact) mass is 403 g/mol. The number of halogens is 1. The summed E-state index contributed by atoms with van der Waals surface area (Å²) in [6.45, 7) is 7.01. The topological polar surface area (TPSA) is 73.9 Å². The molecule has 0 aliphatic rings. The molecule has 2 atom stereocenters. The smallest absolute Gasteiger partial charge is 0.339 e. The fourth-order valence-corrected chi connectivity index (χ4v) is 2.59. The number of carbonyl (C=O) groups excluding carboxylic acids is 2. The summed E-state index contributed by atoms with van der Waals surface area (Å²) in [7, 11) is 1.48. The Balaban J connectivity index is 2.00. The molecule has 2 aromatic carbocycles. The van der Waals surface area contributed by atoms with Crippen molar-refractivity contribution in [2.24, 2.45) is 0 Å². The van der Waals surface area contributed by atoms with Crippen LogP contribution in [0.25, 0.3) is 0 Å². The Hall–Kier alpha value is -3.09. The molecule has 1 N–H and O–H groups in total. The molecule has 156 valence electrons. The van der Waals surface area contributed by atoms with Crippen LogP contribution in [0.5, 0.6) is 11.5 Å². The summed E-state index contributed by atoms with van der Waals surface area (Å²) in [5, 5.41) is 2.74. The average Bonchev–Trinajstić information content (AvgIpc) is 2.68. The molecule has 1 amide bonds. The highest BCUT2D eigenvalue weighted by Gasteiger charge is 2.22. The van der Waals surface area contributed by atoms with Gasteiger partial charge in [0.1, 0.15) is 5.82 Å². The molecule has 0 saturated carbocycles. The maximum Gasteiger partial charge on any atom is 0.339 e. The number of carbonyl (C=O) groups is 2. The zero-order valence-corrected chi connectivity index (χ0v) is 17.2. The Morgan fingerprint density at radius 2 is 1.62 bits per heavy atom. The Kier molecular flexibility index (Phi) is 7.59. The van der Waals surface area contributed by atoms with Crippen molar-refractivity contribution in [2.45, 2.75) is 45.9 Å². The van der Waals surface area contributed by atoms with Crippen molar-refractivity contribution in [3.8, 4) is 11.5 Å². The highest BCUT2D eigenvalue weighted by Crippen LogP contribution is 2.29. The second-order valence-electron chi connectivity index (χ2n) is 6.86. The molecule has 2 rings (SSSR count). The van der Waals surface area contributed by atoms with Gasteiger partial charge in [-0.3, -0.25) is 4.79 Å². The number of esters is 1. The first kappa shape index (κ1) is 22.2. The predicted molar refractivity (Wildman–Crippen MR) is 107 cm³/mol. The highest BCUT2D eigenvalue weighted by molar-refractivity contribution is 5.93. The molecule has 0 bridgehead atoms. The minimum absolute atomic E-state index is 0.0477. The Morgan fingerprint density at radius 3 is 2.21 bits per heavy atom. The summed E-state index contributed by atoms with van der Waals surface area (Å²) in [5.41, 5.74) is 0.980.